The summed E-state index contributed by atoms with van der Waals surface area (Å²) in [6.45, 7) is 9.24. The number of hydrogen-bond acceptors (Lipinski definition) is 4. The van der Waals surface area contributed by atoms with Crippen molar-refractivity contribution in [1.82, 2.24) is 14.7 Å². The summed E-state index contributed by atoms with van der Waals surface area (Å²) in [5.74, 6) is 0. The molecule has 0 atom stereocenters. The lowest BCUT2D eigenvalue weighted by Crippen LogP contribution is -2.47. The van der Waals surface area contributed by atoms with Gasteiger partial charge in [-0.05, 0) is 19.9 Å². The van der Waals surface area contributed by atoms with Gasteiger partial charge in [0, 0.05) is 58.4 Å². The topological polar surface area (TPSA) is 35.7 Å². The molecule has 2 aliphatic rings. The highest BCUT2D eigenvalue weighted by Gasteiger charge is 2.28. The number of piperazine rings is 1. The molecule has 1 aliphatic heterocycles. The average molecular weight is 226 g/mol. The van der Waals surface area contributed by atoms with Crippen LogP contribution in [0, 0.1) is 0 Å². The van der Waals surface area contributed by atoms with Gasteiger partial charge in [0.2, 0.25) is 0 Å². The maximum Gasteiger partial charge on any atom is 0.0113 e. The zero-order valence-electron chi connectivity index (χ0n) is 10.6. The largest absolute Gasteiger partial charge is 0.329 e. The van der Waals surface area contributed by atoms with Crippen LogP contribution in [0.3, 0.4) is 0 Å². The number of rotatable bonds is 6. The van der Waals surface area contributed by atoms with Gasteiger partial charge in [0.05, 0.1) is 0 Å². The number of hydrogen-bond donors (Lipinski definition) is 1. The van der Waals surface area contributed by atoms with Crippen LogP contribution in [0.4, 0.5) is 0 Å². The normalized spacial score (nSPS) is 24.2. The fourth-order valence-corrected chi connectivity index (χ4v) is 2.42. The van der Waals surface area contributed by atoms with Crippen molar-refractivity contribution in [3.63, 3.8) is 0 Å². The van der Waals surface area contributed by atoms with E-state index in [1.807, 2.05) is 0 Å². The van der Waals surface area contributed by atoms with Gasteiger partial charge in [-0.2, -0.15) is 0 Å². The Labute approximate surface area is 99.4 Å². The fraction of sp³-hybridized carbons (Fsp3) is 1.00. The van der Waals surface area contributed by atoms with Crippen molar-refractivity contribution < 1.29 is 0 Å². The van der Waals surface area contributed by atoms with Crippen molar-refractivity contribution in [2.24, 2.45) is 5.73 Å². The highest BCUT2D eigenvalue weighted by atomic mass is 15.3. The van der Waals surface area contributed by atoms with E-state index in [4.69, 9.17) is 5.73 Å². The SMILES string of the molecule is CN1CCN(CCN(CCN)C2CC2)CC1. The first-order valence-corrected chi connectivity index (χ1v) is 6.64. The first-order valence-electron chi connectivity index (χ1n) is 6.64. The van der Waals surface area contributed by atoms with Crippen LogP contribution >= 0.6 is 0 Å². The summed E-state index contributed by atoms with van der Waals surface area (Å²) in [6, 6.07) is 0.857. The minimum atomic E-state index is 0.805. The third-order valence-corrected chi connectivity index (χ3v) is 3.78. The molecule has 1 aliphatic carbocycles. The Morgan fingerprint density at radius 1 is 1.12 bits per heavy atom. The van der Waals surface area contributed by atoms with Crippen molar-refractivity contribution in [3.05, 3.63) is 0 Å². The van der Waals surface area contributed by atoms with Gasteiger partial charge >= 0.3 is 0 Å². The van der Waals surface area contributed by atoms with Gasteiger partial charge in [-0.1, -0.05) is 0 Å². The quantitative estimate of drug-likeness (QED) is 0.672. The maximum atomic E-state index is 5.66. The van der Waals surface area contributed by atoms with Crippen molar-refractivity contribution in [1.29, 1.82) is 0 Å². The van der Waals surface area contributed by atoms with E-state index in [9.17, 15) is 0 Å². The van der Waals surface area contributed by atoms with E-state index in [0.717, 1.165) is 19.1 Å². The fourth-order valence-electron chi connectivity index (χ4n) is 2.42. The Morgan fingerprint density at radius 3 is 2.38 bits per heavy atom. The van der Waals surface area contributed by atoms with E-state index in [1.54, 1.807) is 0 Å². The predicted molar refractivity (Wildman–Crippen MR) is 67.6 cm³/mol. The van der Waals surface area contributed by atoms with Crippen LogP contribution < -0.4 is 5.73 Å². The zero-order chi connectivity index (χ0) is 11.4. The standard InChI is InChI=1S/C12H26N4/c1-14-6-8-15(9-7-14)10-11-16(5-4-13)12-2-3-12/h12H,2-11,13H2,1H3. The lowest BCUT2D eigenvalue weighted by atomic mass is 10.3. The molecule has 1 heterocycles. The van der Waals surface area contributed by atoms with Gasteiger partial charge in [0.25, 0.3) is 0 Å². The predicted octanol–water partition coefficient (Wildman–Crippen LogP) is -0.343. The van der Waals surface area contributed by atoms with Gasteiger partial charge in [-0.25, -0.2) is 0 Å². The molecular formula is C12H26N4. The minimum absolute atomic E-state index is 0.805. The van der Waals surface area contributed by atoms with Crippen LogP contribution in [0.5, 0.6) is 0 Å². The molecule has 2 fully saturated rings. The second kappa shape index (κ2) is 5.96. The summed E-state index contributed by atoms with van der Waals surface area (Å²) < 4.78 is 0. The van der Waals surface area contributed by atoms with Crippen molar-refractivity contribution in [2.75, 3.05) is 59.4 Å². The molecular weight excluding hydrogens is 200 g/mol. The molecule has 0 bridgehead atoms. The smallest absolute Gasteiger partial charge is 0.0113 e. The molecule has 4 nitrogen and oxygen atoms in total. The first-order chi connectivity index (χ1) is 7.79. The van der Waals surface area contributed by atoms with Crippen molar-refractivity contribution in [2.45, 2.75) is 18.9 Å². The molecule has 0 aromatic carbocycles. The van der Waals surface area contributed by atoms with E-state index in [1.165, 1.54) is 52.1 Å². The monoisotopic (exact) mass is 226 g/mol. The van der Waals surface area contributed by atoms with Gasteiger partial charge in [0.1, 0.15) is 0 Å². The van der Waals surface area contributed by atoms with Gasteiger partial charge in [-0.3, -0.25) is 9.80 Å². The van der Waals surface area contributed by atoms with Gasteiger partial charge in [-0.15, -0.1) is 0 Å². The first kappa shape index (κ1) is 12.3. The average Bonchev–Trinajstić information content (AvgIpc) is 3.10. The molecule has 0 amide bonds. The Hall–Kier alpha value is -0.160. The lowest BCUT2D eigenvalue weighted by Gasteiger charge is -2.34. The Kier molecular flexibility index (Phi) is 4.58. The maximum absolute atomic E-state index is 5.66. The molecule has 94 valence electrons. The molecule has 4 heteroatoms. The van der Waals surface area contributed by atoms with E-state index >= 15 is 0 Å². The van der Waals surface area contributed by atoms with Crippen LogP contribution in [0.15, 0.2) is 0 Å². The number of nitrogens with two attached hydrogens (primary N) is 1. The van der Waals surface area contributed by atoms with Crippen molar-refractivity contribution in [3.8, 4) is 0 Å². The Morgan fingerprint density at radius 2 is 1.81 bits per heavy atom. The van der Waals surface area contributed by atoms with E-state index in [-0.39, 0.29) is 0 Å². The minimum Gasteiger partial charge on any atom is -0.329 e. The second-order valence-corrected chi connectivity index (χ2v) is 5.20. The highest BCUT2D eigenvalue weighted by molar-refractivity contribution is 4.85. The Bertz CT molecular complexity index is 197. The van der Waals surface area contributed by atoms with Crippen LogP contribution in [0.25, 0.3) is 0 Å². The molecule has 2 N–H and O–H groups in total. The lowest BCUT2D eigenvalue weighted by molar-refractivity contribution is 0.134. The van der Waals surface area contributed by atoms with Crippen LogP contribution in [0.1, 0.15) is 12.8 Å². The summed E-state index contributed by atoms with van der Waals surface area (Å²) in [7, 11) is 2.21. The zero-order valence-corrected chi connectivity index (χ0v) is 10.6. The van der Waals surface area contributed by atoms with Crippen molar-refractivity contribution >= 4 is 0 Å². The van der Waals surface area contributed by atoms with Gasteiger partial charge in [0.15, 0.2) is 0 Å². The molecule has 0 radical (unpaired) electrons. The molecule has 0 unspecified atom stereocenters. The molecule has 16 heavy (non-hydrogen) atoms. The highest BCUT2D eigenvalue weighted by Crippen LogP contribution is 2.26. The van der Waals surface area contributed by atoms with E-state index in [0.29, 0.717) is 0 Å². The molecule has 2 rings (SSSR count). The third-order valence-electron chi connectivity index (χ3n) is 3.78. The molecule has 0 spiro atoms. The van der Waals surface area contributed by atoms with Crippen LogP contribution in [-0.2, 0) is 0 Å². The number of likely N-dealkylation sites (N-methyl/N-ethyl adjacent to an activating group) is 1. The van der Waals surface area contributed by atoms with Crippen LogP contribution in [-0.4, -0.2) is 80.1 Å². The Balaban J connectivity index is 1.65. The second-order valence-electron chi connectivity index (χ2n) is 5.20. The third kappa shape index (κ3) is 3.70. The number of nitrogens with zero attached hydrogens (tertiary/aromatic N) is 3. The van der Waals surface area contributed by atoms with Crippen LogP contribution in [0.2, 0.25) is 0 Å². The van der Waals surface area contributed by atoms with E-state index in [2.05, 4.69) is 21.7 Å². The summed E-state index contributed by atoms with van der Waals surface area (Å²) in [6.07, 6.45) is 2.78. The summed E-state index contributed by atoms with van der Waals surface area (Å²) >= 11 is 0. The molecule has 1 saturated heterocycles. The summed E-state index contributed by atoms with van der Waals surface area (Å²) in [5.41, 5.74) is 5.66. The van der Waals surface area contributed by atoms with Gasteiger partial charge < -0.3 is 10.6 Å². The molecule has 0 aromatic heterocycles. The summed E-state index contributed by atoms with van der Waals surface area (Å²) in [4.78, 5) is 7.58. The molecule has 1 saturated carbocycles. The van der Waals surface area contributed by atoms with E-state index < -0.39 is 0 Å². The molecule has 0 aromatic rings. The summed E-state index contributed by atoms with van der Waals surface area (Å²) in [5, 5.41) is 0.